The molecule has 2 rings (SSSR count). The number of rotatable bonds is 2. The summed E-state index contributed by atoms with van der Waals surface area (Å²) in [6.07, 6.45) is 0. The number of benzene rings is 2. The van der Waals surface area contributed by atoms with Gasteiger partial charge in [-0.2, -0.15) is 0 Å². The van der Waals surface area contributed by atoms with Gasteiger partial charge < -0.3 is 10.3 Å². The fourth-order valence-corrected chi connectivity index (χ4v) is 2.45. The zero-order valence-corrected chi connectivity index (χ0v) is 9.96. The highest BCUT2D eigenvalue weighted by Crippen LogP contribution is 2.22. The van der Waals surface area contributed by atoms with Crippen LogP contribution < -0.4 is 5.73 Å². The molecule has 0 fully saturated rings. The molecule has 0 saturated carbocycles. The Morgan fingerprint density at radius 3 is 1.81 bits per heavy atom. The van der Waals surface area contributed by atoms with Crippen LogP contribution in [0.1, 0.15) is 0 Å². The van der Waals surface area contributed by atoms with Crippen molar-refractivity contribution in [2.24, 2.45) is 0 Å². The first kappa shape index (κ1) is 11.3. The van der Waals surface area contributed by atoms with Gasteiger partial charge in [-0.25, -0.2) is 0 Å². The fraction of sp³-hybridized carbons (Fsp3) is 0. The summed E-state index contributed by atoms with van der Waals surface area (Å²) in [7, 11) is 0. The molecule has 0 aliphatic carbocycles. The standard InChI is InChI=1S/C12H10ClNOS/c13-9-1-5-11(6-2-9)16(15)12-7-3-10(14)4-8-12/h1-8H,14H2. The molecule has 2 aromatic carbocycles. The molecule has 1 unspecified atom stereocenters. The van der Waals surface area contributed by atoms with Gasteiger partial charge in [-0.1, -0.05) is 11.6 Å². The largest absolute Gasteiger partial charge is 0.606 e. The van der Waals surface area contributed by atoms with E-state index in [4.69, 9.17) is 17.3 Å². The molecule has 0 radical (unpaired) electrons. The third-order valence-electron chi connectivity index (χ3n) is 2.12. The van der Waals surface area contributed by atoms with Crippen molar-refractivity contribution in [1.29, 1.82) is 0 Å². The van der Waals surface area contributed by atoms with E-state index in [0.717, 1.165) is 9.79 Å². The third kappa shape index (κ3) is 2.50. The summed E-state index contributed by atoms with van der Waals surface area (Å²) in [5.74, 6) is 0. The van der Waals surface area contributed by atoms with Crippen LogP contribution in [-0.2, 0) is 11.2 Å². The van der Waals surface area contributed by atoms with E-state index in [2.05, 4.69) is 0 Å². The lowest BCUT2D eigenvalue weighted by Crippen LogP contribution is -2.01. The van der Waals surface area contributed by atoms with E-state index in [0.29, 0.717) is 10.7 Å². The third-order valence-corrected chi connectivity index (χ3v) is 3.77. The van der Waals surface area contributed by atoms with Crippen molar-refractivity contribution in [2.45, 2.75) is 9.79 Å². The molecule has 0 heterocycles. The van der Waals surface area contributed by atoms with Crippen molar-refractivity contribution in [3.8, 4) is 0 Å². The molecule has 0 aliphatic heterocycles. The lowest BCUT2D eigenvalue weighted by atomic mass is 10.3. The minimum Gasteiger partial charge on any atom is -0.606 e. The fourth-order valence-electron chi connectivity index (χ4n) is 1.29. The Bertz CT molecular complexity index is 424. The molecule has 0 aliphatic rings. The summed E-state index contributed by atoms with van der Waals surface area (Å²) in [5, 5.41) is 0.637. The van der Waals surface area contributed by atoms with Gasteiger partial charge in [0.2, 0.25) is 0 Å². The van der Waals surface area contributed by atoms with E-state index in [1.54, 1.807) is 48.5 Å². The molecule has 82 valence electrons. The normalized spacial score (nSPS) is 12.4. The van der Waals surface area contributed by atoms with Crippen LogP contribution in [-0.4, -0.2) is 4.55 Å². The van der Waals surface area contributed by atoms with E-state index in [1.807, 2.05) is 0 Å². The molecule has 2 N–H and O–H groups in total. The highest BCUT2D eigenvalue weighted by Gasteiger charge is 2.13. The summed E-state index contributed by atoms with van der Waals surface area (Å²) in [4.78, 5) is 1.46. The first-order valence-electron chi connectivity index (χ1n) is 4.70. The van der Waals surface area contributed by atoms with Crippen LogP contribution >= 0.6 is 11.6 Å². The summed E-state index contributed by atoms with van der Waals surface area (Å²) in [5.41, 5.74) is 6.23. The van der Waals surface area contributed by atoms with E-state index < -0.39 is 11.2 Å². The maximum absolute atomic E-state index is 12.1. The predicted octanol–water partition coefficient (Wildman–Crippen LogP) is 3.09. The molecule has 0 aromatic heterocycles. The Kier molecular flexibility index (Phi) is 3.39. The van der Waals surface area contributed by atoms with Gasteiger partial charge >= 0.3 is 0 Å². The van der Waals surface area contributed by atoms with Crippen LogP contribution in [0.25, 0.3) is 0 Å². The SMILES string of the molecule is Nc1ccc([S+]([O-])c2ccc(Cl)cc2)cc1. The van der Waals surface area contributed by atoms with Gasteiger partial charge in [0.05, 0.1) is 0 Å². The predicted molar refractivity (Wildman–Crippen MR) is 67.0 cm³/mol. The van der Waals surface area contributed by atoms with E-state index >= 15 is 0 Å². The quantitative estimate of drug-likeness (QED) is 0.659. The number of anilines is 1. The van der Waals surface area contributed by atoms with Crippen LogP contribution in [0.15, 0.2) is 58.3 Å². The topological polar surface area (TPSA) is 49.1 Å². The van der Waals surface area contributed by atoms with Crippen LogP contribution in [0.5, 0.6) is 0 Å². The highest BCUT2D eigenvalue weighted by atomic mass is 35.5. The minimum absolute atomic E-state index is 0.637. The highest BCUT2D eigenvalue weighted by molar-refractivity contribution is 7.91. The van der Waals surface area contributed by atoms with Crippen molar-refractivity contribution in [3.05, 3.63) is 53.6 Å². The Morgan fingerprint density at radius 2 is 1.31 bits per heavy atom. The number of nitrogens with two attached hydrogens (primary N) is 1. The lowest BCUT2D eigenvalue weighted by molar-refractivity contribution is 0.595. The average Bonchev–Trinajstić information content (AvgIpc) is 2.30. The molecule has 0 bridgehead atoms. The van der Waals surface area contributed by atoms with Gasteiger partial charge in [0.15, 0.2) is 9.79 Å². The van der Waals surface area contributed by atoms with Crippen molar-refractivity contribution < 1.29 is 4.55 Å². The second-order valence-corrected chi connectivity index (χ2v) is 5.21. The van der Waals surface area contributed by atoms with Crippen molar-refractivity contribution in [3.63, 3.8) is 0 Å². The van der Waals surface area contributed by atoms with Crippen LogP contribution in [0.4, 0.5) is 5.69 Å². The first-order valence-corrected chi connectivity index (χ1v) is 6.22. The van der Waals surface area contributed by atoms with Gasteiger partial charge in [0.25, 0.3) is 0 Å². The molecule has 0 saturated heterocycles. The molecule has 4 heteroatoms. The van der Waals surface area contributed by atoms with Gasteiger partial charge in [0, 0.05) is 21.9 Å². The zero-order chi connectivity index (χ0) is 11.5. The molecular formula is C12H10ClNOS. The Hall–Kier alpha value is -1.16. The number of hydrogen-bond acceptors (Lipinski definition) is 2. The van der Waals surface area contributed by atoms with Crippen molar-refractivity contribution >= 4 is 28.5 Å². The molecule has 16 heavy (non-hydrogen) atoms. The maximum Gasteiger partial charge on any atom is 0.158 e. The number of hydrogen-bond donors (Lipinski definition) is 1. The van der Waals surface area contributed by atoms with Crippen LogP contribution in [0, 0.1) is 0 Å². The summed E-state index contributed by atoms with van der Waals surface area (Å²) < 4.78 is 12.1. The maximum atomic E-state index is 12.1. The monoisotopic (exact) mass is 251 g/mol. The molecule has 0 spiro atoms. The van der Waals surface area contributed by atoms with E-state index in [-0.39, 0.29) is 0 Å². The van der Waals surface area contributed by atoms with E-state index in [9.17, 15) is 4.55 Å². The Morgan fingerprint density at radius 1 is 0.875 bits per heavy atom. The molecular weight excluding hydrogens is 242 g/mol. The second-order valence-electron chi connectivity index (χ2n) is 3.29. The summed E-state index contributed by atoms with van der Waals surface area (Å²) in [6.45, 7) is 0. The van der Waals surface area contributed by atoms with Crippen molar-refractivity contribution in [1.82, 2.24) is 0 Å². The lowest BCUT2D eigenvalue weighted by Gasteiger charge is -2.09. The Balaban J connectivity index is 2.28. The van der Waals surface area contributed by atoms with Crippen LogP contribution in [0.3, 0.4) is 0 Å². The van der Waals surface area contributed by atoms with Gasteiger partial charge in [0.1, 0.15) is 0 Å². The van der Waals surface area contributed by atoms with E-state index in [1.165, 1.54) is 0 Å². The minimum atomic E-state index is -1.18. The molecule has 0 amide bonds. The number of nitrogen functional groups attached to an aromatic ring is 1. The van der Waals surface area contributed by atoms with Gasteiger partial charge in [-0.15, -0.1) is 0 Å². The average molecular weight is 252 g/mol. The summed E-state index contributed by atoms with van der Waals surface area (Å²) >= 11 is 4.59. The first-order chi connectivity index (χ1) is 7.66. The molecule has 2 nitrogen and oxygen atoms in total. The van der Waals surface area contributed by atoms with Crippen LogP contribution in [0.2, 0.25) is 5.02 Å². The second kappa shape index (κ2) is 4.78. The molecule has 1 atom stereocenters. The summed E-state index contributed by atoms with van der Waals surface area (Å²) in [6, 6.07) is 14.0. The van der Waals surface area contributed by atoms with Crippen molar-refractivity contribution in [2.75, 3.05) is 5.73 Å². The Labute approximate surface area is 102 Å². The smallest absolute Gasteiger partial charge is 0.158 e. The van der Waals surface area contributed by atoms with Gasteiger partial charge in [-0.3, -0.25) is 0 Å². The zero-order valence-electron chi connectivity index (χ0n) is 8.39. The number of halogens is 1. The van der Waals surface area contributed by atoms with Gasteiger partial charge in [-0.05, 0) is 48.5 Å². The molecule has 2 aromatic rings.